The molecule has 5 heteroatoms. The molecule has 2 N–H and O–H groups in total. The fourth-order valence-electron chi connectivity index (χ4n) is 1.71. The fraction of sp³-hybridized carbons (Fsp3) is 0.286. The fourth-order valence-corrected chi connectivity index (χ4v) is 1.71. The summed E-state index contributed by atoms with van der Waals surface area (Å²) in [5.74, 6) is 0.422. The van der Waals surface area contributed by atoms with Gasteiger partial charge in [-0.3, -0.25) is 0 Å². The van der Waals surface area contributed by atoms with E-state index in [4.69, 9.17) is 5.73 Å². The number of aromatic nitrogens is 2. The van der Waals surface area contributed by atoms with Crippen molar-refractivity contribution in [2.24, 2.45) is 5.73 Å². The molecule has 0 aliphatic heterocycles. The highest BCUT2D eigenvalue weighted by Gasteiger charge is 2.11. The Morgan fingerprint density at radius 2 is 1.95 bits per heavy atom. The molecule has 0 fully saturated rings. The molecule has 0 spiro atoms. The third-order valence-corrected chi connectivity index (χ3v) is 3.16. The van der Waals surface area contributed by atoms with E-state index < -0.39 is 0 Å². The predicted molar refractivity (Wildman–Crippen MR) is 74.3 cm³/mol. The monoisotopic (exact) mass is 260 g/mol. The quantitative estimate of drug-likeness (QED) is 0.914. The van der Waals surface area contributed by atoms with E-state index >= 15 is 0 Å². The van der Waals surface area contributed by atoms with E-state index in [0.29, 0.717) is 17.8 Å². The van der Waals surface area contributed by atoms with E-state index in [0.717, 1.165) is 5.82 Å². The van der Waals surface area contributed by atoms with Crippen molar-refractivity contribution in [3.63, 3.8) is 0 Å². The van der Waals surface area contributed by atoms with Gasteiger partial charge in [-0.25, -0.2) is 4.39 Å². The minimum absolute atomic E-state index is 0.175. The molecular formula is C14H17FN4. The van der Waals surface area contributed by atoms with Crippen molar-refractivity contribution in [2.75, 3.05) is 18.5 Å². The van der Waals surface area contributed by atoms with Crippen molar-refractivity contribution in [1.29, 1.82) is 0 Å². The lowest BCUT2D eigenvalue weighted by molar-refractivity contribution is 0.630. The number of hydrogen-bond acceptors (Lipinski definition) is 4. The largest absolute Gasteiger partial charge is 0.354 e. The maximum absolute atomic E-state index is 13.6. The van der Waals surface area contributed by atoms with E-state index in [-0.39, 0.29) is 11.9 Å². The van der Waals surface area contributed by atoms with Crippen LogP contribution in [0.25, 0.3) is 11.3 Å². The number of benzene rings is 1. The van der Waals surface area contributed by atoms with Crippen LogP contribution in [0.1, 0.15) is 6.92 Å². The third-order valence-electron chi connectivity index (χ3n) is 3.16. The van der Waals surface area contributed by atoms with E-state index in [1.54, 1.807) is 24.3 Å². The molecule has 1 heterocycles. The molecule has 4 nitrogen and oxygen atoms in total. The van der Waals surface area contributed by atoms with Gasteiger partial charge < -0.3 is 10.6 Å². The molecule has 0 amide bonds. The molecule has 2 aromatic rings. The van der Waals surface area contributed by atoms with Crippen LogP contribution in [0.4, 0.5) is 10.2 Å². The molecule has 0 aliphatic carbocycles. The van der Waals surface area contributed by atoms with E-state index in [9.17, 15) is 4.39 Å². The van der Waals surface area contributed by atoms with Gasteiger partial charge in [-0.15, -0.1) is 10.2 Å². The summed E-state index contributed by atoms with van der Waals surface area (Å²) in [5.41, 5.74) is 6.59. The standard InChI is InChI=1S/C14H17FN4/c1-10(9-16)19(2)14-8-7-13(17-18-14)11-5-3-4-6-12(11)15/h3-8,10H,9,16H2,1-2H3. The SMILES string of the molecule is CC(CN)N(C)c1ccc(-c2ccccc2F)nn1. The Balaban J connectivity index is 2.26. The summed E-state index contributed by atoms with van der Waals surface area (Å²) in [5, 5.41) is 8.19. The average Bonchev–Trinajstić information content (AvgIpc) is 2.46. The zero-order valence-corrected chi connectivity index (χ0v) is 11.0. The van der Waals surface area contributed by atoms with Gasteiger partial charge in [-0.2, -0.15) is 0 Å². The molecule has 0 bridgehead atoms. The average molecular weight is 260 g/mol. The molecule has 0 radical (unpaired) electrons. The Labute approximate surface area is 112 Å². The van der Waals surface area contributed by atoms with E-state index in [2.05, 4.69) is 10.2 Å². The first-order valence-corrected chi connectivity index (χ1v) is 6.15. The smallest absolute Gasteiger partial charge is 0.151 e. The summed E-state index contributed by atoms with van der Waals surface area (Å²) >= 11 is 0. The van der Waals surface area contributed by atoms with E-state index in [1.807, 2.05) is 24.9 Å². The van der Waals surface area contributed by atoms with Crippen LogP contribution in [-0.2, 0) is 0 Å². The van der Waals surface area contributed by atoms with Crippen molar-refractivity contribution in [3.8, 4) is 11.3 Å². The zero-order valence-electron chi connectivity index (χ0n) is 11.0. The molecular weight excluding hydrogens is 243 g/mol. The van der Waals surface area contributed by atoms with Crippen molar-refractivity contribution < 1.29 is 4.39 Å². The maximum Gasteiger partial charge on any atom is 0.151 e. The molecule has 100 valence electrons. The zero-order chi connectivity index (χ0) is 13.8. The van der Waals surface area contributed by atoms with Gasteiger partial charge >= 0.3 is 0 Å². The van der Waals surface area contributed by atoms with Crippen LogP contribution >= 0.6 is 0 Å². The van der Waals surface area contributed by atoms with E-state index in [1.165, 1.54) is 6.07 Å². The second-order valence-corrected chi connectivity index (χ2v) is 4.45. The summed E-state index contributed by atoms with van der Waals surface area (Å²) in [6.07, 6.45) is 0. The highest BCUT2D eigenvalue weighted by Crippen LogP contribution is 2.21. The van der Waals surface area contributed by atoms with Gasteiger partial charge in [0.05, 0.1) is 5.69 Å². The minimum Gasteiger partial charge on any atom is -0.354 e. The first-order chi connectivity index (χ1) is 9.13. The number of hydrogen-bond donors (Lipinski definition) is 1. The normalized spacial score (nSPS) is 12.2. The first-order valence-electron chi connectivity index (χ1n) is 6.15. The van der Waals surface area contributed by atoms with Crippen LogP contribution in [0.5, 0.6) is 0 Å². The van der Waals surface area contributed by atoms with Gasteiger partial charge in [0.25, 0.3) is 0 Å². The second kappa shape index (κ2) is 5.75. The Bertz CT molecular complexity index is 541. The minimum atomic E-state index is -0.298. The Morgan fingerprint density at radius 3 is 2.53 bits per heavy atom. The highest BCUT2D eigenvalue weighted by atomic mass is 19.1. The molecule has 2 rings (SSSR count). The van der Waals surface area contributed by atoms with Gasteiger partial charge in [-0.05, 0) is 31.2 Å². The molecule has 1 atom stereocenters. The van der Waals surface area contributed by atoms with Gasteiger partial charge in [0.2, 0.25) is 0 Å². The lowest BCUT2D eigenvalue weighted by Gasteiger charge is -2.24. The van der Waals surface area contributed by atoms with Crippen LogP contribution in [0.15, 0.2) is 36.4 Å². The number of halogens is 1. The molecule has 1 aromatic heterocycles. The summed E-state index contributed by atoms with van der Waals surface area (Å²) in [4.78, 5) is 1.94. The number of rotatable bonds is 4. The summed E-state index contributed by atoms with van der Waals surface area (Å²) in [6.45, 7) is 2.54. The van der Waals surface area contributed by atoms with Gasteiger partial charge in [0.1, 0.15) is 5.82 Å². The molecule has 1 aromatic carbocycles. The Hall–Kier alpha value is -2.01. The van der Waals surface area contributed by atoms with Gasteiger partial charge in [0, 0.05) is 25.2 Å². The number of anilines is 1. The molecule has 19 heavy (non-hydrogen) atoms. The van der Waals surface area contributed by atoms with Gasteiger partial charge in [0.15, 0.2) is 5.82 Å². The van der Waals surface area contributed by atoms with Crippen LogP contribution in [0.3, 0.4) is 0 Å². The highest BCUT2D eigenvalue weighted by molar-refractivity contribution is 5.60. The topological polar surface area (TPSA) is 55.0 Å². The lowest BCUT2D eigenvalue weighted by atomic mass is 10.1. The molecule has 0 saturated carbocycles. The lowest BCUT2D eigenvalue weighted by Crippen LogP contribution is -2.35. The van der Waals surface area contributed by atoms with Crippen molar-refractivity contribution in [2.45, 2.75) is 13.0 Å². The van der Waals surface area contributed by atoms with Crippen LogP contribution < -0.4 is 10.6 Å². The molecule has 0 aliphatic rings. The summed E-state index contributed by atoms with van der Waals surface area (Å²) in [7, 11) is 1.91. The Morgan fingerprint density at radius 1 is 1.21 bits per heavy atom. The van der Waals surface area contributed by atoms with Crippen LogP contribution in [-0.4, -0.2) is 29.8 Å². The van der Waals surface area contributed by atoms with Crippen molar-refractivity contribution in [3.05, 3.63) is 42.2 Å². The predicted octanol–water partition coefficient (Wildman–Crippen LogP) is 2.07. The van der Waals surface area contributed by atoms with Gasteiger partial charge in [-0.1, -0.05) is 12.1 Å². The van der Waals surface area contributed by atoms with Crippen LogP contribution in [0.2, 0.25) is 0 Å². The third kappa shape index (κ3) is 2.88. The number of likely N-dealkylation sites (N-methyl/N-ethyl adjacent to an activating group) is 1. The maximum atomic E-state index is 13.6. The number of nitrogens with zero attached hydrogens (tertiary/aromatic N) is 3. The first kappa shape index (κ1) is 13.4. The second-order valence-electron chi connectivity index (χ2n) is 4.45. The summed E-state index contributed by atoms with van der Waals surface area (Å²) in [6, 6.07) is 10.3. The number of nitrogens with two attached hydrogens (primary N) is 1. The summed E-state index contributed by atoms with van der Waals surface area (Å²) < 4.78 is 13.6. The van der Waals surface area contributed by atoms with Crippen molar-refractivity contribution in [1.82, 2.24) is 10.2 Å². The molecule has 1 unspecified atom stereocenters. The Kier molecular flexibility index (Phi) is 4.06. The van der Waals surface area contributed by atoms with Crippen molar-refractivity contribution >= 4 is 5.82 Å². The molecule has 0 saturated heterocycles. The van der Waals surface area contributed by atoms with Crippen LogP contribution in [0, 0.1) is 5.82 Å².